The third-order valence-corrected chi connectivity index (χ3v) is 4.88. The second kappa shape index (κ2) is 6.46. The number of aryl methyl sites for hydroxylation is 2. The Labute approximate surface area is 129 Å². The van der Waals surface area contributed by atoms with E-state index in [2.05, 4.69) is 15.9 Å². The molecule has 0 aliphatic carbocycles. The maximum Gasteiger partial charge on any atom is 0.175 e. The fourth-order valence-electron chi connectivity index (χ4n) is 1.90. The van der Waals surface area contributed by atoms with Gasteiger partial charge in [0.05, 0.1) is 16.6 Å². The molecule has 2 nitrogen and oxygen atoms in total. The Morgan fingerprint density at radius 3 is 2.40 bits per heavy atom. The Kier molecular flexibility index (Phi) is 4.89. The maximum absolute atomic E-state index is 12.3. The molecule has 0 radical (unpaired) electrons. The van der Waals surface area contributed by atoms with Gasteiger partial charge in [-0.1, -0.05) is 33.6 Å². The average Bonchev–Trinajstić information content (AvgIpc) is 2.42. The van der Waals surface area contributed by atoms with E-state index in [4.69, 9.17) is 0 Å². The van der Waals surface area contributed by atoms with E-state index < -0.39 is 10.8 Å². The van der Waals surface area contributed by atoms with Crippen LogP contribution in [0.4, 0.5) is 0 Å². The summed E-state index contributed by atoms with van der Waals surface area (Å²) in [5, 5.41) is 0. The van der Waals surface area contributed by atoms with Crippen LogP contribution in [0.15, 0.2) is 51.8 Å². The first-order valence-electron chi connectivity index (χ1n) is 6.22. The molecule has 0 N–H and O–H groups in total. The number of benzene rings is 2. The summed E-state index contributed by atoms with van der Waals surface area (Å²) in [5.41, 5.74) is 2.62. The normalized spacial score (nSPS) is 12.2. The number of ketones is 1. The van der Waals surface area contributed by atoms with Gasteiger partial charge in [0.15, 0.2) is 5.78 Å². The van der Waals surface area contributed by atoms with Crippen molar-refractivity contribution in [2.24, 2.45) is 0 Å². The fourth-order valence-corrected chi connectivity index (χ4v) is 3.17. The number of carbonyl (C=O) groups is 1. The molecule has 2 rings (SSSR count). The van der Waals surface area contributed by atoms with E-state index >= 15 is 0 Å². The van der Waals surface area contributed by atoms with Gasteiger partial charge in [0.1, 0.15) is 0 Å². The lowest BCUT2D eigenvalue weighted by Crippen LogP contribution is -2.12. The minimum absolute atomic E-state index is 0.0198. The molecule has 0 bridgehead atoms. The lowest BCUT2D eigenvalue weighted by molar-refractivity contribution is 0.102. The predicted octanol–water partition coefficient (Wildman–Crippen LogP) is 4.06. The Bertz CT molecular complexity index is 663. The number of carbonyl (C=O) groups excluding carboxylic acids is 1. The molecule has 4 heteroatoms. The molecule has 0 spiro atoms. The summed E-state index contributed by atoms with van der Waals surface area (Å²) in [5.74, 6) is -0.0567. The highest BCUT2D eigenvalue weighted by Gasteiger charge is 2.14. The molecule has 0 aliphatic heterocycles. The third kappa shape index (κ3) is 3.64. The van der Waals surface area contributed by atoms with Gasteiger partial charge in [0, 0.05) is 14.9 Å². The Hall–Kier alpha value is -1.26. The minimum atomic E-state index is -1.31. The number of rotatable bonds is 4. The molecular formula is C16H15BrO2S. The van der Waals surface area contributed by atoms with Crippen molar-refractivity contribution < 1.29 is 9.00 Å². The zero-order valence-electron chi connectivity index (χ0n) is 11.4. The van der Waals surface area contributed by atoms with Gasteiger partial charge in [-0.2, -0.15) is 0 Å². The molecule has 2 aromatic rings. The average molecular weight is 351 g/mol. The van der Waals surface area contributed by atoms with Gasteiger partial charge < -0.3 is 0 Å². The quantitative estimate of drug-likeness (QED) is 0.779. The summed E-state index contributed by atoms with van der Waals surface area (Å²) in [6.45, 7) is 3.84. The van der Waals surface area contributed by atoms with Crippen LogP contribution in [0.5, 0.6) is 0 Å². The van der Waals surface area contributed by atoms with Crippen LogP contribution in [0.25, 0.3) is 0 Å². The van der Waals surface area contributed by atoms with Crippen molar-refractivity contribution in [1.29, 1.82) is 0 Å². The van der Waals surface area contributed by atoms with Crippen molar-refractivity contribution in [3.63, 3.8) is 0 Å². The molecule has 2 aromatic carbocycles. The predicted molar refractivity (Wildman–Crippen MR) is 85.7 cm³/mol. The molecule has 0 aromatic heterocycles. The molecule has 1 unspecified atom stereocenters. The smallest absolute Gasteiger partial charge is 0.175 e. The second-order valence-electron chi connectivity index (χ2n) is 4.69. The van der Waals surface area contributed by atoms with Crippen molar-refractivity contribution in [1.82, 2.24) is 0 Å². The van der Waals surface area contributed by atoms with Crippen LogP contribution in [0.2, 0.25) is 0 Å². The highest BCUT2D eigenvalue weighted by Crippen LogP contribution is 2.16. The van der Waals surface area contributed by atoms with Crippen molar-refractivity contribution in [3.05, 3.63) is 63.6 Å². The maximum atomic E-state index is 12.3. The first-order chi connectivity index (χ1) is 9.47. The van der Waals surface area contributed by atoms with E-state index in [0.717, 1.165) is 15.6 Å². The molecular weight excluding hydrogens is 336 g/mol. The van der Waals surface area contributed by atoms with Crippen LogP contribution in [0.1, 0.15) is 21.5 Å². The second-order valence-corrected chi connectivity index (χ2v) is 7.05. The lowest BCUT2D eigenvalue weighted by Gasteiger charge is -2.06. The molecule has 20 heavy (non-hydrogen) atoms. The largest absolute Gasteiger partial charge is 0.293 e. The monoisotopic (exact) mass is 350 g/mol. The van der Waals surface area contributed by atoms with E-state index in [0.29, 0.717) is 10.5 Å². The summed E-state index contributed by atoms with van der Waals surface area (Å²) in [6.07, 6.45) is 0. The zero-order chi connectivity index (χ0) is 14.7. The van der Waals surface area contributed by atoms with Gasteiger partial charge in [-0.25, -0.2) is 0 Å². The van der Waals surface area contributed by atoms with Crippen LogP contribution in [-0.4, -0.2) is 15.7 Å². The van der Waals surface area contributed by atoms with Crippen molar-refractivity contribution >= 4 is 32.5 Å². The highest BCUT2D eigenvalue weighted by molar-refractivity contribution is 9.10. The van der Waals surface area contributed by atoms with Crippen molar-refractivity contribution in [2.75, 3.05) is 5.75 Å². The topological polar surface area (TPSA) is 34.1 Å². The van der Waals surface area contributed by atoms with Gasteiger partial charge in [-0.15, -0.1) is 0 Å². The summed E-state index contributed by atoms with van der Waals surface area (Å²) in [6, 6.07) is 13.0. The fraction of sp³-hybridized carbons (Fsp3) is 0.188. The van der Waals surface area contributed by atoms with Gasteiger partial charge >= 0.3 is 0 Å². The van der Waals surface area contributed by atoms with Crippen LogP contribution >= 0.6 is 15.9 Å². The van der Waals surface area contributed by atoms with E-state index in [1.165, 1.54) is 0 Å². The van der Waals surface area contributed by atoms with E-state index in [9.17, 15) is 9.00 Å². The number of Topliss-reactive ketones (excluding diaryl/α,β-unsaturated/α-hetero) is 1. The van der Waals surface area contributed by atoms with Crippen LogP contribution < -0.4 is 0 Å². The lowest BCUT2D eigenvalue weighted by atomic mass is 10.0. The summed E-state index contributed by atoms with van der Waals surface area (Å²) < 4.78 is 13.1. The summed E-state index contributed by atoms with van der Waals surface area (Å²) in [7, 11) is -1.31. The first-order valence-corrected chi connectivity index (χ1v) is 8.33. The van der Waals surface area contributed by atoms with Gasteiger partial charge in [-0.3, -0.25) is 9.00 Å². The third-order valence-electron chi connectivity index (χ3n) is 3.03. The SMILES string of the molecule is Cc1ccc(C)c(C(=O)CS(=O)c2ccc(Br)cc2)c1. The van der Waals surface area contributed by atoms with E-state index in [-0.39, 0.29) is 11.5 Å². The molecule has 0 aliphatic rings. The number of hydrogen-bond donors (Lipinski definition) is 0. The Morgan fingerprint density at radius 1 is 1.10 bits per heavy atom. The van der Waals surface area contributed by atoms with Crippen LogP contribution in [0.3, 0.4) is 0 Å². The molecule has 1 atom stereocenters. The summed E-state index contributed by atoms with van der Waals surface area (Å²) >= 11 is 3.33. The van der Waals surface area contributed by atoms with Crippen molar-refractivity contribution in [3.8, 4) is 0 Å². The molecule has 0 amide bonds. The van der Waals surface area contributed by atoms with E-state index in [1.54, 1.807) is 12.1 Å². The van der Waals surface area contributed by atoms with Crippen LogP contribution in [-0.2, 0) is 10.8 Å². The number of halogens is 1. The molecule has 0 saturated carbocycles. The number of hydrogen-bond acceptors (Lipinski definition) is 2. The standard InChI is InChI=1S/C16H15BrO2S/c1-11-3-4-12(2)15(9-11)16(18)10-20(19)14-7-5-13(17)6-8-14/h3-9H,10H2,1-2H3. The Balaban J connectivity index is 2.17. The van der Waals surface area contributed by atoms with E-state index in [1.807, 2.05) is 44.2 Å². The van der Waals surface area contributed by atoms with Gasteiger partial charge in [-0.05, 0) is 49.7 Å². The zero-order valence-corrected chi connectivity index (χ0v) is 13.8. The van der Waals surface area contributed by atoms with Gasteiger partial charge in [0.2, 0.25) is 0 Å². The first kappa shape index (κ1) is 15.1. The molecule has 0 fully saturated rings. The van der Waals surface area contributed by atoms with Crippen molar-refractivity contribution in [2.45, 2.75) is 18.7 Å². The summed E-state index contributed by atoms with van der Waals surface area (Å²) in [4.78, 5) is 12.9. The minimum Gasteiger partial charge on any atom is -0.293 e. The highest BCUT2D eigenvalue weighted by atomic mass is 79.9. The molecule has 0 saturated heterocycles. The van der Waals surface area contributed by atoms with Crippen LogP contribution in [0, 0.1) is 13.8 Å². The van der Waals surface area contributed by atoms with Gasteiger partial charge in [0.25, 0.3) is 0 Å². The Morgan fingerprint density at radius 2 is 1.75 bits per heavy atom. The molecule has 0 heterocycles. The molecule has 104 valence electrons.